The van der Waals surface area contributed by atoms with Crippen LogP contribution >= 0.6 is 0 Å². The number of carbonyl (C=O) groups is 1. The number of hydrogen-bond acceptors (Lipinski definition) is 4. The highest BCUT2D eigenvalue weighted by Gasteiger charge is 2.04. The Hall–Kier alpha value is -2.54. The number of benzene rings is 2. The normalized spacial score (nSPS) is 11.1. The fourth-order valence-corrected chi connectivity index (χ4v) is 3.04. The Morgan fingerprint density at radius 3 is 2.37 bits per heavy atom. The third-order valence-electron chi connectivity index (χ3n) is 4.07. The van der Waals surface area contributed by atoms with E-state index in [-0.39, 0.29) is 12.5 Å². The molecule has 0 fully saturated rings. The van der Waals surface area contributed by atoms with Crippen molar-refractivity contribution in [2.45, 2.75) is 26.7 Å². The van der Waals surface area contributed by atoms with Crippen molar-refractivity contribution in [3.05, 3.63) is 59.2 Å². The molecule has 2 N–H and O–H groups in total. The number of carbonyl (C=O) groups excluding carboxylic acids is 1. The van der Waals surface area contributed by atoms with Gasteiger partial charge in [0.1, 0.15) is 5.75 Å². The van der Waals surface area contributed by atoms with Crippen molar-refractivity contribution in [3.8, 4) is 5.75 Å². The summed E-state index contributed by atoms with van der Waals surface area (Å²) in [5.41, 5.74) is 3.94. The molecule has 0 aliphatic rings. The van der Waals surface area contributed by atoms with Crippen molar-refractivity contribution in [1.29, 1.82) is 0 Å². The van der Waals surface area contributed by atoms with Gasteiger partial charge in [0.15, 0.2) is 6.61 Å². The monoisotopic (exact) mass is 390 g/mol. The fraction of sp³-hybridized carbons (Fsp3) is 0.350. The maximum Gasteiger partial charge on any atom is 0.257 e. The van der Waals surface area contributed by atoms with E-state index in [0.29, 0.717) is 18.0 Å². The van der Waals surface area contributed by atoms with Gasteiger partial charge in [0.05, 0.1) is 6.26 Å². The average Bonchev–Trinajstić information content (AvgIpc) is 2.60. The van der Waals surface area contributed by atoms with Crippen molar-refractivity contribution >= 4 is 21.6 Å². The molecule has 0 saturated heterocycles. The molecule has 2 aromatic carbocycles. The number of nitrogens with one attached hydrogen (secondary N) is 2. The van der Waals surface area contributed by atoms with Crippen LogP contribution in [0.3, 0.4) is 0 Å². The molecule has 0 radical (unpaired) electrons. The van der Waals surface area contributed by atoms with Gasteiger partial charge in [0, 0.05) is 12.2 Å². The lowest BCUT2D eigenvalue weighted by molar-refractivity contribution is -0.123. The van der Waals surface area contributed by atoms with Gasteiger partial charge in [-0.1, -0.05) is 18.2 Å². The van der Waals surface area contributed by atoms with Crippen LogP contribution in [-0.2, 0) is 21.2 Å². The van der Waals surface area contributed by atoms with Crippen LogP contribution < -0.4 is 14.8 Å². The van der Waals surface area contributed by atoms with Crippen molar-refractivity contribution in [3.63, 3.8) is 0 Å². The molecule has 2 rings (SSSR count). The lowest BCUT2D eigenvalue weighted by atomic mass is 10.1. The van der Waals surface area contributed by atoms with E-state index in [1.54, 1.807) is 12.1 Å². The van der Waals surface area contributed by atoms with Crippen molar-refractivity contribution in [1.82, 2.24) is 5.32 Å². The molecule has 0 aliphatic heterocycles. The van der Waals surface area contributed by atoms with Gasteiger partial charge >= 0.3 is 0 Å². The van der Waals surface area contributed by atoms with Gasteiger partial charge in [0.25, 0.3) is 5.91 Å². The molecule has 0 atom stereocenters. The van der Waals surface area contributed by atoms with Gasteiger partial charge in [-0.3, -0.25) is 9.52 Å². The minimum absolute atomic E-state index is 0.00560. The predicted molar refractivity (Wildman–Crippen MR) is 108 cm³/mol. The summed E-state index contributed by atoms with van der Waals surface area (Å²) in [4.78, 5) is 11.9. The lowest BCUT2D eigenvalue weighted by Gasteiger charge is -2.09. The Balaban J connectivity index is 1.67. The maximum absolute atomic E-state index is 11.9. The van der Waals surface area contributed by atoms with E-state index in [4.69, 9.17) is 4.74 Å². The molecule has 0 saturated carbocycles. The highest BCUT2D eigenvalue weighted by molar-refractivity contribution is 7.92. The molecule has 0 bridgehead atoms. The maximum atomic E-state index is 11.9. The second kappa shape index (κ2) is 9.41. The molecule has 1 amide bonds. The first-order valence-corrected chi connectivity index (χ1v) is 10.7. The third kappa shape index (κ3) is 7.70. The van der Waals surface area contributed by atoms with Crippen LogP contribution in [0.25, 0.3) is 0 Å². The van der Waals surface area contributed by atoms with E-state index in [1.165, 1.54) is 5.56 Å². The predicted octanol–water partition coefficient (Wildman–Crippen LogP) is 2.80. The number of aryl methyl sites for hydroxylation is 3. The molecule has 2 aromatic rings. The van der Waals surface area contributed by atoms with Gasteiger partial charge in [-0.05, 0) is 67.6 Å². The van der Waals surface area contributed by atoms with Gasteiger partial charge in [-0.25, -0.2) is 8.42 Å². The summed E-state index contributed by atoms with van der Waals surface area (Å²) in [5, 5.41) is 2.84. The second-order valence-corrected chi connectivity index (χ2v) is 8.31. The largest absolute Gasteiger partial charge is 0.484 e. The number of amides is 1. The molecular formula is C20H26N2O4S. The van der Waals surface area contributed by atoms with E-state index >= 15 is 0 Å². The van der Waals surface area contributed by atoms with Gasteiger partial charge in [-0.15, -0.1) is 0 Å². The minimum atomic E-state index is -3.26. The molecule has 146 valence electrons. The first-order valence-electron chi connectivity index (χ1n) is 8.76. The summed E-state index contributed by atoms with van der Waals surface area (Å²) in [6.07, 6.45) is 2.69. The summed E-state index contributed by atoms with van der Waals surface area (Å²) >= 11 is 0. The Labute approximate surface area is 161 Å². The number of anilines is 1. The Bertz CT molecular complexity index is 877. The van der Waals surface area contributed by atoms with E-state index < -0.39 is 10.0 Å². The molecular weight excluding hydrogens is 364 g/mol. The SMILES string of the molecule is Cc1ccc(OCC(=O)NCCCc2ccc(NS(C)(=O)=O)cc2)cc1C. The topological polar surface area (TPSA) is 84.5 Å². The van der Waals surface area contributed by atoms with Crippen LogP contribution in [0.5, 0.6) is 5.75 Å². The third-order valence-corrected chi connectivity index (χ3v) is 4.68. The van der Waals surface area contributed by atoms with Crippen LogP contribution in [0.15, 0.2) is 42.5 Å². The summed E-state index contributed by atoms with van der Waals surface area (Å²) in [6, 6.07) is 13.0. The summed E-state index contributed by atoms with van der Waals surface area (Å²) in [7, 11) is -3.26. The number of rotatable bonds is 9. The molecule has 0 spiro atoms. The first kappa shape index (κ1) is 20.8. The Kier molecular flexibility index (Phi) is 7.24. The number of hydrogen-bond donors (Lipinski definition) is 2. The van der Waals surface area contributed by atoms with Crippen molar-refractivity contribution in [2.75, 3.05) is 24.1 Å². The van der Waals surface area contributed by atoms with Gasteiger partial charge in [-0.2, -0.15) is 0 Å². The molecule has 7 heteroatoms. The van der Waals surface area contributed by atoms with Crippen LogP contribution in [-0.4, -0.2) is 33.7 Å². The first-order chi connectivity index (χ1) is 12.7. The van der Waals surface area contributed by atoms with E-state index in [9.17, 15) is 13.2 Å². The van der Waals surface area contributed by atoms with Crippen LogP contribution in [0, 0.1) is 13.8 Å². The number of sulfonamides is 1. The quantitative estimate of drug-likeness (QED) is 0.645. The van der Waals surface area contributed by atoms with Crippen LogP contribution in [0.2, 0.25) is 0 Å². The average molecular weight is 391 g/mol. The Morgan fingerprint density at radius 2 is 1.74 bits per heavy atom. The molecule has 0 unspecified atom stereocenters. The fourth-order valence-electron chi connectivity index (χ4n) is 2.48. The highest BCUT2D eigenvalue weighted by Crippen LogP contribution is 2.16. The molecule has 6 nitrogen and oxygen atoms in total. The minimum Gasteiger partial charge on any atom is -0.484 e. The number of ether oxygens (including phenoxy) is 1. The summed E-state index contributed by atoms with van der Waals surface area (Å²) in [5.74, 6) is 0.539. The van der Waals surface area contributed by atoms with Crippen LogP contribution in [0.4, 0.5) is 5.69 Å². The second-order valence-electron chi connectivity index (χ2n) is 6.56. The van der Waals surface area contributed by atoms with Crippen LogP contribution in [0.1, 0.15) is 23.1 Å². The molecule has 27 heavy (non-hydrogen) atoms. The van der Waals surface area contributed by atoms with E-state index in [1.807, 2.05) is 44.2 Å². The Morgan fingerprint density at radius 1 is 1.04 bits per heavy atom. The molecule has 0 aromatic heterocycles. The van der Waals surface area contributed by atoms with Crippen molar-refractivity contribution in [2.24, 2.45) is 0 Å². The van der Waals surface area contributed by atoms with E-state index in [0.717, 1.165) is 30.2 Å². The zero-order chi connectivity index (χ0) is 19.9. The molecule has 0 aliphatic carbocycles. The zero-order valence-electron chi connectivity index (χ0n) is 15.9. The summed E-state index contributed by atoms with van der Waals surface area (Å²) < 4.78 is 30.3. The molecule has 0 heterocycles. The van der Waals surface area contributed by atoms with Crippen molar-refractivity contribution < 1.29 is 17.9 Å². The standard InChI is InChI=1S/C20H26N2O4S/c1-15-6-11-19(13-16(15)2)26-14-20(23)21-12-4-5-17-7-9-18(10-8-17)22-27(3,24)25/h6-11,13,22H,4-5,12,14H2,1-3H3,(H,21,23). The van der Waals surface area contributed by atoms with Gasteiger partial charge in [0.2, 0.25) is 10.0 Å². The van der Waals surface area contributed by atoms with Gasteiger partial charge < -0.3 is 10.1 Å². The van der Waals surface area contributed by atoms with E-state index in [2.05, 4.69) is 10.0 Å². The smallest absolute Gasteiger partial charge is 0.257 e. The summed E-state index contributed by atoms with van der Waals surface area (Å²) in [6.45, 7) is 4.58. The zero-order valence-corrected chi connectivity index (χ0v) is 16.7. The lowest BCUT2D eigenvalue weighted by Crippen LogP contribution is -2.29. The highest BCUT2D eigenvalue weighted by atomic mass is 32.2.